The quantitative estimate of drug-likeness (QED) is 0.654. The fourth-order valence-electron chi connectivity index (χ4n) is 4.04. The molecule has 2 aromatic heterocycles. The number of hydrogen-bond donors (Lipinski definition) is 1. The molecule has 0 spiro atoms. The maximum atomic E-state index is 13.8. The minimum atomic E-state index is -4.57. The minimum Gasteiger partial charge on any atom is -0.497 e. The third-order valence-corrected chi connectivity index (χ3v) is 5.59. The zero-order chi connectivity index (χ0) is 22.2. The van der Waals surface area contributed by atoms with Crippen molar-refractivity contribution in [3.63, 3.8) is 0 Å². The van der Waals surface area contributed by atoms with Crippen LogP contribution in [0.15, 0.2) is 24.3 Å². The van der Waals surface area contributed by atoms with Crippen LogP contribution in [0.4, 0.5) is 19.1 Å². The summed E-state index contributed by atoms with van der Waals surface area (Å²) in [6.45, 7) is 6.82. The predicted molar refractivity (Wildman–Crippen MR) is 111 cm³/mol. The van der Waals surface area contributed by atoms with Crippen molar-refractivity contribution in [2.45, 2.75) is 38.9 Å². The Hall–Kier alpha value is -2.88. The van der Waals surface area contributed by atoms with Crippen molar-refractivity contribution in [3.05, 3.63) is 35.5 Å². The smallest absolute Gasteiger partial charge is 0.417 e. The number of rotatable bonds is 5. The number of likely N-dealkylation sites (N-methyl/N-ethyl adjacent to an activating group) is 1. The number of hydrogen-bond acceptors (Lipinski definition) is 6. The fourth-order valence-corrected chi connectivity index (χ4v) is 4.04. The summed E-state index contributed by atoms with van der Waals surface area (Å²) in [4.78, 5) is 2.35. The Labute approximate surface area is 178 Å². The van der Waals surface area contributed by atoms with E-state index >= 15 is 0 Å². The maximum absolute atomic E-state index is 13.8. The first-order valence-corrected chi connectivity index (χ1v) is 10.3. The molecule has 31 heavy (non-hydrogen) atoms. The number of likely N-dealkylation sites (tertiary alicyclic amines) is 1. The Morgan fingerprint density at radius 3 is 2.74 bits per heavy atom. The van der Waals surface area contributed by atoms with Crippen LogP contribution in [0.5, 0.6) is 5.75 Å². The lowest BCUT2D eigenvalue weighted by Gasteiger charge is -2.32. The molecule has 0 unspecified atom stereocenters. The SMILES string of the molecule is CCN1CCC[C@@H](Nc2nnc(-c3ccc(OC)cc3C(F)(F)F)c3cc(C)nn23)C1. The van der Waals surface area contributed by atoms with Gasteiger partial charge >= 0.3 is 6.18 Å². The van der Waals surface area contributed by atoms with E-state index < -0.39 is 11.7 Å². The second-order valence-corrected chi connectivity index (χ2v) is 7.74. The Bertz CT molecular complexity index is 1080. The lowest BCUT2D eigenvalue weighted by molar-refractivity contribution is -0.137. The van der Waals surface area contributed by atoms with Crippen molar-refractivity contribution >= 4 is 11.5 Å². The highest BCUT2D eigenvalue weighted by Crippen LogP contribution is 2.40. The Balaban J connectivity index is 1.78. The first kappa shape index (κ1) is 21.4. The van der Waals surface area contributed by atoms with E-state index in [1.54, 1.807) is 17.5 Å². The van der Waals surface area contributed by atoms with Gasteiger partial charge in [-0.3, -0.25) is 0 Å². The predicted octanol–water partition coefficient (Wildman–Crippen LogP) is 4.02. The molecule has 0 saturated carbocycles. The largest absolute Gasteiger partial charge is 0.497 e. The molecule has 7 nitrogen and oxygen atoms in total. The number of fused-ring (bicyclic) bond motifs is 1. The summed E-state index contributed by atoms with van der Waals surface area (Å²) in [5, 5.41) is 16.3. The molecule has 166 valence electrons. The summed E-state index contributed by atoms with van der Waals surface area (Å²) < 4.78 is 47.8. The van der Waals surface area contributed by atoms with Crippen LogP contribution in [0, 0.1) is 6.92 Å². The molecule has 1 fully saturated rings. The number of benzene rings is 1. The fraction of sp³-hybridized carbons (Fsp3) is 0.476. The third-order valence-electron chi connectivity index (χ3n) is 5.59. The molecular formula is C21H25F3N6O. The molecular weight excluding hydrogens is 409 g/mol. The second kappa shape index (κ2) is 8.33. The van der Waals surface area contributed by atoms with Gasteiger partial charge in [0.05, 0.1) is 23.9 Å². The van der Waals surface area contributed by atoms with Gasteiger partial charge in [0, 0.05) is 18.2 Å². The van der Waals surface area contributed by atoms with Gasteiger partial charge in [0.2, 0.25) is 5.95 Å². The lowest BCUT2D eigenvalue weighted by atomic mass is 10.0. The zero-order valence-electron chi connectivity index (χ0n) is 17.7. The summed E-state index contributed by atoms with van der Waals surface area (Å²) in [6, 6.07) is 5.72. The van der Waals surface area contributed by atoms with E-state index in [1.807, 2.05) is 0 Å². The van der Waals surface area contributed by atoms with Gasteiger partial charge in [-0.1, -0.05) is 6.92 Å². The molecule has 1 saturated heterocycles. The molecule has 0 amide bonds. The standard InChI is InChI=1S/C21H25F3N6O/c1-4-29-9-5-6-14(12-29)25-20-27-26-19(18-10-13(2)28-30(18)20)16-8-7-15(31-3)11-17(16)21(22,23)24/h7-8,10-11,14H,4-6,9,12H2,1-3H3,(H,25,27)/t14-/m1/s1. The number of nitrogens with zero attached hydrogens (tertiary/aromatic N) is 5. The first-order chi connectivity index (χ1) is 14.8. The maximum Gasteiger partial charge on any atom is 0.417 e. The molecule has 3 heterocycles. The van der Waals surface area contributed by atoms with E-state index in [0.29, 0.717) is 17.2 Å². The van der Waals surface area contributed by atoms with E-state index in [1.165, 1.54) is 19.2 Å². The van der Waals surface area contributed by atoms with Crippen LogP contribution >= 0.6 is 0 Å². The Kier molecular flexibility index (Phi) is 5.74. The molecule has 1 aliphatic heterocycles. The van der Waals surface area contributed by atoms with Gasteiger partial charge in [-0.25, -0.2) is 0 Å². The molecule has 4 rings (SSSR count). The number of methoxy groups -OCH3 is 1. The number of alkyl halides is 3. The molecule has 0 radical (unpaired) electrons. The number of piperidine rings is 1. The van der Waals surface area contributed by atoms with E-state index in [2.05, 4.69) is 32.4 Å². The zero-order valence-corrected chi connectivity index (χ0v) is 17.7. The van der Waals surface area contributed by atoms with E-state index in [-0.39, 0.29) is 23.0 Å². The number of aromatic nitrogens is 4. The van der Waals surface area contributed by atoms with Crippen LogP contribution < -0.4 is 10.1 Å². The highest BCUT2D eigenvalue weighted by Gasteiger charge is 2.35. The monoisotopic (exact) mass is 434 g/mol. The highest BCUT2D eigenvalue weighted by atomic mass is 19.4. The molecule has 1 N–H and O–H groups in total. The van der Waals surface area contributed by atoms with Crippen molar-refractivity contribution in [3.8, 4) is 17.0 Å². The minimum absolute atomic E-state index is 0.0629. The molecule has 0 bridgehead atoms. The van der Waals surface area contributed by atoms with Gasteiger partial charge in [0.25, 0.3) is 0 Å². The number of ether oxygens (including phenoxy) is 1. The number of anilines is 1. The average Bonchev–Trinajstić information content (AvgIpc) is 3.15. The normalized spacial score (nSPS) is 17.8. The summed E-state index contributed by atoms with van der Waals surface area (Å²) >= 11 is 0. The molecule has 0 aliphatic carbocycles. The molecule has 3 aromatic rings. The summed E-state index contributed by atoms with van der Waals surface area (Å²) in [5.74, 6) is 0.553. The van der Waals surface area contributed by atoms with Crippen LogP contribution in [-0.2, 0) is 6.18 Å². The lowest BCUT2D eigenvalue weighted by Crippen LogP contribution is -2.42. The van der Waals surface area contributed by atoms with Crippen LogP contribution in [-0.4, -0.2) is 57.5 Å². The Morgan fingerprint density at radius 1 is 1.23 bits per heavy atom. The van der Waals surface area contributed by atoms with E-state index in [9.17, 15) is 13.2 Å². The van der Waals surface area contributed by atoms with Gasteiger partial charge in [0.1, 0.15) is 11.4 Å². The summed E-state index contributed by atoms with van der Waals surface area (Å²) in [6.07, 6.45) is -2.52. The van der Waals surface area contributed by atoms with Gasteiger partial charge in [-0.05, 0) is 57.1 Å². The van der Waals surface area contributed by atoms with Crippen molar-refractivity contribution in [1.29, 1.82) is 0 Å². The summed E-state index contributed by atoms with van der Waals surface area (Å²) in [7, 11) is 1.33. The van der Waals surface area contributed by atoms with Gasteiger partial charge < -0.3 is 15.0 Å². The summed E-state index contributed by atoms with van der Waals surface area (Å²) in [5.41, 5.74) is 0.370. The molecule has 1 aromatic carbocycles. The molecule has 1 atom stereocenters. The van der Waals surface area contributed by atoms with Crippen molar-refractivity contribution < 1.29 is 17.9 Å². The molecule has 10 heteroatoms. The second-order valence-electron chi connectivity index (χ2n) is 7.74. The van der Waals surface area contributed by atoms with Crippen molar-refractivity contribution in [2.24, 2.45) is 0 Å². The van der Waals surface area contributed by atoms with E-state index in [0.717, 1.165) is 38.5 Å². The van der Waals surface area contributed by atoms with Crippen LogP contribution in [0.2, 0.25) is 0 Å². The highest BCUT2D eigenvalue weighted by molar-refractivity contribution is 5.80. The van der Waals surface area contributed by atoms with Crippen LogP contribution in [0.25, 0.3) is 16.8 Å². The number of aryl methyl sites for hydroxylation is 1. The number of halogens is 3. The first-order valence-electron chi connectivity index (χ1n) is 10.3. The van der Waals surface area contributed by atoms with Crippen molar-refractivity contribution in [1.82, 2.24) is 24.7 Å². The van der Waals surface area contributed by atoms with Gasteiger partial charge in [-0.15, -0.1) is 10.2 Å². The van der Waals surface area contributed by atoms with Crippen molar-refractivity contribution in [2.75, 3.05) is 32.1 Å². The topological polar surface area (TPSA) is 67.6 Å². The third kappa shape index (κ3) is 4.30. The number of nitrogens with one attached hydrogen (secondary N) is 1. The molecule has 1 aliphatic rings. The van der Waals surface area contributed by atoms with Gasteiger partial charge in [-0.2, -0.15) is 22.8 Å². The van der Waals surface area contributed by atoms with Crippen LogP contribution in [0.3, 0.4) is 0 Å². The average molecular weight is 434 g/mol. The van der Waals surface area contributed by atoms with E-state index in [4.69, 9.17) is 4.74 Å². The van der Waals surface area contributed by atoms with Gasteiger partial charge in [0.15, 0.2) is 0 Å². The Morgan fingerprint density at radius 2 is 2.03 bits per heavy atom. The van der Waals surface area contributed by atoms with Crippen LogP contribution in [0.1, 0.15) is 31.0 Å².